The number of amidine groups is 1. The molecular formula is C24H19FN4O4S. The molecule has 0 radical (unpaired) electrons. The summed E-state index contributed by atoms with van der Waals surface area (Å²) in [4.78, 5) is 31.5. The number of para-hydroxylation sites is 1. The van der Waals surface area contributed by atoms with E-state index in [1.807, 2.05) is 15.9 Å². The number of non-ortho nitro benzene ring substituents is 1. The van der Waals surface area contributed by atoms with Crippen LogP contribution in [0.2, 0.25) is 0 Å². The second kappa shape index (κ2) is 9.14. The first-order valence-electron chi connectivity index (χ1n) is 10.6. The number of nitro benzene ring substituents is 1. The summed E-state index contributed by atoms with van der Waals surface area (Å²) in [7, 11) is 0. The third-order valence-corrected chi connectivity index (χ3v) is 6.66. The van der Waals surface area contributed by atoms with Crippen LogP contribution in [0, 0.1) is 15.9 Å². The lowest BCUT2D eigenvalue weighted by Gasteiger charge is -2.36. The predicted octanol–water partition coefficient (Wildman–Crippen LogP) is 4.79. The smallest absolute Gasteiger partial charge is 0.286 e. The first-order valence-corrected chi connectivity index (χ1v) is 11.4. The topological polar surface area (TPSA) is 92.2 Å². The summed E-state index contributed by atoms with van der Waals surface area (Å²) in [6, 6.07) is 16.3. The average Bonchev–Trinajstić information content (AvgIpc) is 3.47. The number of hydrogen-bond donors (Lipinski definition) is 0. The van der Waals surface area contributed by atoms with Gasteiger partial charge in [-0.2, -0.15) is 4.99 Å². The molecule has 0 N–H and O–H groups in total. The lowest BCUT2D eigenvalue weighted by atomic mass is 10.1. The molecule has 2 aromatic carbocycles. The number of anilines is 1. The minimum atomic E-state index is -0.456. The summed E-state index contributed by atoms with van der Waals surface area (Å²) in [6.45, 7) is 2.52. The maximum Gasteiger partial charge on any atom is 0.286 e. The molecule has 5 rings (SSSR count). The molecule has 2 aliphatic heterocycles. The fraction of sp³-hybridized carbons (Fsp3) is 0.167. The number of rotatable bonds is 4. The normalized spacial score (nSPS) is 17.4. The molecule has 34 heavy (non-hydrogen) atoms. The zero-order valence-electron chi connectivity index (χ0n) is 17.9. The van der Waals surface area contributed by atoms with Crippen molar-refractivity contribution in [3.63, 3.8) is 0 Å². The molecule has 3 aromatic rings. The van der Waals surface area contributed by atoms with Gasteiger partial charge >= 0.3 is 0 Å². The summed E-state index contributed by atoms with van der Waals surface area (Å²) in [5.41, 5.74) is 1.29. The highest BCUT2D eigenvalue weighted by Gasteiger charge is 2.29. The van der Waals surface area contributed by atoms with Crippen molar-refractivity contribution in [2.75, 3.05) is 31.1 Å². The number of hydrogen-bond acceptors (Lipinski definition) is 7. The monoisotopic (exact) mass is 478 g/mol. The Bertz CT molecular complexity index is 1310. The lowest BCUT2D eigenvalue weighted by molar-refractivity contribution is -0.384. The van der Waals surface area contributed by atoms with E-state index in [0.29, 0.717) is 59.0 Å². The first-order chi connectivity index (χ1) is 16.5. The molecule has 1 aromatic heterocycles. The number of thioether (sulfide) groups is 1. The zero-order valence-corrected chi connectivity index (χ0v) is 18.7. The van der Waals surface area contributed by atoms with E-state index in [2.05, 4.69) is 4.99 Å². The molecule has 0 aliphatic carbocycles. The number of piperazine rings is 1. The van der Waals surface area contributed by atoms with Gasteiger partial charge in [-0.3, -0.25) is 14.9 Å². The molecule has 172 valence electrons. The summed E-state index contributed by atoms with van der Waals surface area (Å²) < 4.78 is 19.9. The maximum atomic E-state index is 14.1. The van der Waals surface area contributed by atoms with E-state index in [1.165, 1.54) is 30.0 Å². The number of aliphatic imine (C=N–C) groups is 1. The number of halogens is 1. The number of benzene rings is 2. The van der Waals surface area contributed by atoms with Crippen LogP contribution in [-0.2, 0) is 4.79 Å². The van der Waals surface area contributed by atoms with E-state index in [4.69, 9.17) is 4.42 Å². The van der Waals surface area contributed by atoms with Gasteiger partial charge in [0.2, 0.25) is 0 Å². The van der Waals surface area contributed by atoms with Crippen molar-refractivity contribution in [2.24, 2.45) is 4.99 Å². The van der Waals surface area contributed by atoms with Crippen molar-refractivity contribution in [1.29, 1.82) is 0 Å². The molecular weight excluding hydrogens is 459 g/mol. The Morgan fingerprint density at radius 3 is 2.41 bits per heavy atom. The summed E-state index contributed by atoms with van der Waals surface area (Å²) in [5.74, 6) is 0.466. The number of carbonyl (C=O) groups is 1. The van der Waals surface area contributed by atoms with E-state index in [9.17, 15) is 19.3 Å². The van der Waals surface area contributed by atoms with Gasteiger partial charge in [0, 0.05) is 50.0 Å². The molecule has 1 saturated heterocycles. The number of amides is 1. The van der Waals surface area contributed by atoms with Crippen LogP contribution in [0.4, 0.5) is 15.8 Å². The van der Waals surface area contributed by atoms with Gasteiger partial charge in [-0.1, -0.05) is 12.1 Å². The van der Waals surface area contributed by atoms with Crippen molar-refractivity contribution < 1.29 is 18.5 Å². The van der Waals surface area contributed by atoms with Crippen molar-refractivity contribution in [1.82, 2.24) is 4.90 Å². The Morgan fingerprint density at radius 2 is 1.71 bits per heavy atom. The Hall–Kier alpha value is -3.92. The molecule has 0 saturated carbocycles. The van der Waals surface area contributed by atoms with Crippen LogP contribution in [-0.4, -0.2) is 47.1 Å². The van der Waals surface area contributed by atoms with E-state index in [-0.39, 0.29) is 17.4 Å². The van der Waals surface area contributed by atoms with Crippen molar-refractivity contribution >= 4 is 40.3 Å². The molecule has 1 fully saturated rings. The van der Waals surface area contributed by atoms with Crippen molar-refractivity contribution in [2.45, 2.75) is 0 Å². The van der Waals surface area contributed by atoms with E-state index in [0.717, 1.165) is 0 Å². The maximum absolute atomic E-state index is 14.1. The molecule has 2 aliphatic rings. The second-order valence-electron chi connectivity index (χ2n) is 7.74. The van der Waals surface area contributed by atoms with E-state index >= 15 is 0 Å². The quantitative estimate of drug-likeness (QED) is 0.303. The van der Waals surface area contributed by atoms with Crippen LogP contribution in [0.3, 0.4) is 0 Å². The largest absolute Gasteiger partial charge is 0.457 e. The van der Waals surface area contributed by atoms with E-state index in [1.54, 1.807) is 42.5 Å². The number of nitrogens with zero attached hydrogens (tertiary/aromatic N) is 4. The Morgan fingerprint density at radius 1 is 1.00 bits per heavy atom. The molecule has 8 nitrogen and oxygen atoms in total. The van der Waals surface area contributed by atoms with Gasteiger partial charge in [0.05, 0.1) is 15.5 Å². The first kappa shape index (κ1) is 21.9. The SMILES string of the molecule is O=C1N=C(N2CCN(c3ccccc3F)CC2)S/C1=C/c1ccc(-c2ccc([N+](=O)[O-])cc2)o1. The van der Waals surface area contributed by atoms with Crippen LogP contribution < -0.4 is 4.90 Å². The van der Waals surface area contributed by atoms with E-state index < -0.39 is 4.92 Å². The van der Waals surface area contributed by atoms with Gasteiger partial charge in [-0.15, -0.1) is 0 Å². The fourth-order valence-corrected chi connectivity index (χ4v) is 4.79. The zero-order chi connectivity index (χ0) is 23.7. The second-order valence-corrected chi connectivity index (χ2v) is 8.75. The predicted molar refractivity (Wildman–Crippen MR) is 129 cm³/mol. The Balaban J connectivity index is 1.23. The molecule has 3 heterocycles. The highest BCUT2D eigenvalue weighted by molar-refractivity contribution is 8.18. The molecule has 0 atom stereocenters. The highest BCUT2D eigenvalue weighted by Crippen LogP contribution is 2.33. The fourth-order valence-electron chi connectivity index (χ4n) is 3.84. The van der Waals surface area contributed by atoms with Crippen molar-refractivity contribution in [3.05, 3.63) is 87.3 Å². The van der Waals surface area contributed by atoms with Gasteiger partial charge in [-0.25, -0.2) is 4.39 Å². The number of furan rings is 1. The van der Waals surface area contributed by atoms with Crippen molar-refractivity contribution in [3.8, 4) is 11.3 Å². The van der Waals surface area contributed by atoms with Gasteiger partial charge in [-0.05, 0) is 48.2 Å². The number of carbonyl (C=O) groups excluding carboxylic acids is 1. The minimum Gasteiger partial charge on any atom is -0.457 e. The highest BCUT2D eigenvalue weighted by atomic mass is 32.2. The van der Waals surface area contributed by atoms with Crippen LogP contribution in [0.5, 0.6) is 0 Å². The third kappa shape index (κ3) is 4.44. The van der Waals surface area contributed by atoms with Crippen LogP contribution >= 0.6 is 11.8 Å². The molecule has 1 amide bonds. The van der Waals surface area contributed by atoms with Crippen LogP contribution in [0.25, 0.3) is 17.4 Å². The Kier molecular flexibility index (Phi) is 5.89. The van der Waals surface area contributed by atoms with Crippen LogP contribution in [0.1, 0.15) is 5.76 Å². The third-order valence-electron chi connectivity index (χ3n) is 5.62. The number of nitro groups is 1. The van der Waals surface area contributed by atoms with Gasteiger partial charge < -0.3 is 14.2 Å². The molecule has 0 unspecified atom stereocenters. The summed E-state index contributed by atoms with van der Waals surface area (Å²) in [5, 5.41) is 11.5. The summed E-state index contributed by atoms with van der Waals surface area (Å²) in [6.07, 6.45) is 1.65. The average molecular weight is 479 g/mol. The summed E-state index contributed by atoms with van der Waals surface area (Å²) >= 11 is 1.29. The van der Waals surface area contributed by atoms with Gasteiger partial charge in [0.25, 0.3) is 11.6 Å². The van der Waals surface area contributed by atoms with Gasteiger partial charge in [0.1, 0.15) is 17.3 Å². The van der Waals surface area contributed by atoms with Crippen LogP contribution in [0.15, 0.2) is 75.0 Å². The lowest BCUT2D eigenvalue weighted by Crippen LogP contribution is -2.48. The molecule has 10 heteroatoms. The minimum absolute atomic E-state index is 0.00464. The molecule has 0 bridgehead atoms. The Labute approximate surface area is 198 Å². The van der Waals surface area contributed by atoms with Gasteiger partial charge in [0.15, 0.2) is 5.17 Å². The standard InChI is InChI=1S/C24H19FN4O4S/c25-19-3-1-2-4-20(19)27-11-13-28(14-12-27)24-26-23(30)22(34-24)15-18-9-10-21(33-18)16-5-7-17(8-6-16)29(31)32/h1-10,15H,11-14H2/b22-15+. The molecule has 0 spiro atoms.